The predicted molar refractivity (Wildman–Crippen MR) is 44.2 cm³/mol. The molecule has 60 valence electrons. The van der Waals surface area contributed by atoms with Gasteiger partial charge in [-0.2, -0.15) is 0 Å². The van der Waals surface area contributed by atoms with Gasteiger partial charge in [-0.15, -0.1) is 0 Å². The summed E-state index contributed by atoms with van der Waals surface area (Å²) in [5.74, 6) is 0. The van der Waals surface area contributed by atoms with Crippen LogP contribution in [0.4, 0.5) is 0 Å². The fraction of sp³-hybridized carbons (Fsp3) is 0.889. The SMILES string of the molecule is [C-]#[N+]C1CCCN(C2CC2)C1. The maximum Gasteiger partial charge on any atom is 0.236 e. The van der Waals surface area contributed by atoms with Crippen molar-refractivity contribution in [2.45, 2.75) is 37.8 Å². The van der Waals surface area contributed by atoms with Gasteiger partial charge in [0.05, 0.1) is 6.54 Å². The average molecular weight is 150 g/mol. The van der Waals surface area contributed by atoms with Crippen molar-refractivity contribution in [1.82, 2.24) is 4.90 Å². The molecule has 11 heavy (non-hydrogen) atoms. The smallest absolute Gasteiger partial charge is 0.236 e. The number of hydrogen-bond acceptors (Lipinski definition) is 1. The molecule has 1 atom stereocenters. The molecule has 1 unspecified atom stereocenters. The van der Waals surface area contributed by atoms with E-state index in [0.717, 1.165) is 19.0 Å². The van der Waals surface area contributed by atoms with Crippen molar-refractivity contribution in [2.24, 2.45) is 0 Å². The van der Waals surface area contributed by atoms with Gasteiger partial charge in [-0.3, -0.25) is 4.90 Å². The Morgan fingerprint density at radius 3 is 2.73 bits per heavy atom. The molecule has 1 saturated carbocycles. The summed E-state index contributed by atoms with van der Waals surface area (Å²) < 4.78 is 0. The summed E-state index contributed by atoms with van der Waals surface area (Å²) in [6, 6.07) is 1.17. The van der Waals surface area contributed by atoms with Gasteiger partial charge in [0, 0.05) is 12.5 Å². The fourth-order valence-electron chi connectivity index (χ4n) is 1.86. The monoisotopic (exact) mass is 150 g/mol. The highest BCUT2D eigenvalue weighted by atomic mass is 15.2. The van der Waals surface area contributed by atoms with E-state index in [1.165, 1.54) is 25.8 Å². The highest BCUT2D eigenvalue weighted by molar-refractivity contribution is 4.93. The van der Waals surface area contributed by atoms with Gasteiger partial charge in [0.2, 0.25) is 6.04 Å². The summed E-state index contributed by atoms with van der Waals surface area (Å²) in [6.45, 7) is 9.24. The van der Waals surface area contributed by atoms with Crippen LogP contribution in [0.5, 0.6) is 0 Å². The van der Waals surface area contributed by atoms with E-state index in [0.29, 0.717) is 6.04 Å². The predicted octanol–water partition coefficient (Wildman–Crippen LogP) is 1.53. The summed E-state index contributed by atoms with van der Waals surface area (Å²) in [5, 5.41) is 0. The summed E-state index contributed by atoms with van der Waals surface area (Å²) in [7, 11) is 0. The second-order valence-electron chi connectivity index (χ2n) is 3.65. The standard InChI is InChI=1S/C9H14N2/c1-10-8-3-2-6-11(7-8)9-4-5-9/h8-9H,2-7H2. The number of rotatable bonds is 1. The van der Waals surface area contributed by atoms with Crippen molar-refractivity contribution in [3.8, 4) is 0 Å². The molecule has 1 aliphatic carbocycles. The normalized spacial score (nSPS) is 33.2. The zero-order valence-corrected chi connectivity index (χ0v) is 6.79. The summed E-state index contributed by atoms with van der Waals surface area (Å²) in [5.41, 5.74) is 0. The third kappa shape index (κ3) is 1.54. The van der Waals surface area contributed by atoms with Crippen LogP contribution in [0.3, 0.4) is 0 Å². The molecule has 0 radical (unpaired) electrons. The van der Waals surface area contributed by atoms with Crippen LogP contribution in [-0.2, 0) is 0 Å². The molecule has 2 nitrogen and oxygen atoms in total. The highest BCUT2D eigenvalue weighted by Gasteiger charge is 2.34. The first-order valence-corrected chi connectivity index (χ1v) is 4.51. The lowest BCUT2D eigenvalue weighted by atomic mass is 10.1. The molecule has 1 aliphatic heterocycles. The van der Waals surface area contributed by atoms with E-state index < -0.39 is 0 Å². The Bertz CT molecular complexity index is 178. The van der Waals surface area contributed by atoms with Crippen LogP contribution in [-0.4, -0.2) is 30.1 Å². The van der Waals surface area contributed by atoms with Gasteiger partial charge in [0.15, 0.2) is 0 Å². The van der Waals surface area contributed by atoms with Crippen molar-refractivity contribution in [3.05, 3.63) is 11.4 Å². The van der Waals surface area contributed by atoms with E-state index in [9.17, 15) is 0 Å². The largest absolute Gasteiger partial charge is 0.312 e. The maximum atomic E-state index is 6.95. The summed E-state index contributed by atoms with van der Waals surface area (Å²) >= 11 is 0. The molecule has 0 aromatic carbocycles. The quantitative estimate of drug-likeness (QED) is 0.514. The van der Waals surface area contributed by atoms with Crippen molar-refractivity contribution in [2.75, 3.05) is 13.1 Å². The summed E-state index contributed by atoms with van der Waals surface area (Å²) in [4.78, 5) is 6.12. The lowest BCUT2D eigenvalue weighted by molar-refractivity contribution is 0.212. The van der Waals surface area contributed by atoms with Gasteiger partial charge < -0.3 is 4.85 Å². The second-order valence-corrected chi connectivity index (χ2v) is 3.65. The zero-order chi connectivity index (χ0) is 7.68. The van der Waals surface area contributed by atoms with Crippen molar-refractivity contribution in [3.63, 3.8) is 0 Å². The average Bonchev–Trinajstić information content (AvgIpc) is 2.87. The van der Waals surface area contributed by atoms with Crippen LogP contribution in [0.1, 0.15) is 25.7 Å². The molecule has 0 aromatic rings. The Morgan fingerprint density at radius 1 is 1.27 bits per heavy atom. The van der Waals surface area contributed by atoms with Crippen LogP contribution >= 0.6 is 0 Å². The molecule has 0 N–H and O–H groups in total. The van der Waals surface area contributed by atoms with Crippen molar-refractivity contribution in [1.29, 1.82) is 0 Å². The minimum absolute atomic E-state index is 0.310. The zero-order valence-electron chi connectivity index (χ0n) is 6.79. The molecule has 2 aliphatic rings. The van der Waals surface area contributed by atoms with E-state index >= 15 is 0 Å². The number of hydrogen-bond donors (Lipinski definition) is 0. The molecule has 0 spiro atoms. The third-order valence-corrected chi connectivity index (χ3v) is 2.67. The highest BCUT2D eigenvalue weighted by Crippen LogP contribution is 2.29. The lowest BCUT2D eigenvalue weighted by Gasteiger charge is -2.26. The molecule has 0 bridgehead atoms. The van der Waals surface area contributed by atoms with E-state index in [2.05, 4.69) is 9.74 Å². The minimum Gasteiger partial charge on any atom is -0.312 e. The molecule has 1 heterocycles. The number of likely N-dealkylation sites (tertiary alicyclic amines) is 1. The van der Waals surface area contributed by atoms with Crippen LogP contribution < -0.4 is 0 Å². The van der Waals surface area contributed by atoms with E-state index in [4.69, 9.17) is 6.57 Å². The number of nitrogens with zero attached hydrogens (tertiary/aromatic N) is 2. The van der Waals surface area contributed by atoms with Crippen LogP contribution in [0.2, 0.25) is 0 Å². The molecule has 2 rings (SSSR count). The van der Waals surface area contributed by atoms with Crippen molar-refractivity contribution >= 4 is 0 Å². The van der Waals surface area contributed by atoms with Crippen LogP contribution in [0.25, 0.3) is 4.85 Å². The minimum atomic E-state index is 0.310. The lowest BCUT2D eigenvalue weighted by Crippen LogP contribution is -2.38. The van der Waals surface area contributed by atoms with Gasteiger partial charge in [-0.1, -0.05) is 0 Å². The number of piperidine rings is 1. The van der Waals surface area contributed by atoms with Crippen LogP contribution in [0.15, 0.2) is 0 Å². The first kappa shape index (κ1) is 7.12. The Labute approximate surface area is 68.0 Å². The van der Waals surface area contributed by atoms with Crippen molar-refractivity contribution < 1.29 is 0 Å². The molecule has 0 aromatic heterocycles. The maximum absolute atomic E-state index is 6.95. The fourth-order valence-corrected chi connectivity index (χ4v) is 1.86. The summed E-state index contributed by atoms with van der Waals surface area (Å²) in [6.07, 6.45) is 5.13. The Kier molecular flexibility index (Phi) is 1.83. The molecular formula is C9H14N2. The first-order valence-electron chi connectivity index (χ1n) is 4.51. The van der Waals surface area contributed by atoms with Gasteiger partial charge >= 0.3 is 0 Å². The second kappa shape index (κ2) is 2.83. The van der Waals surface area contributed by atoms with Crippen LogP contribution in [0, 0.1) is 6.57 Å². The van der Waals surface area contributed by atoms with Gasteiger partial charge in [-0.05, 0) is 25.8 Å². The third-order valence-electron chi connectivity index (χ3n) is 2.67. The molecular weight excluding hydrogens is 136 g/mol. The first-order chi connectivity index (χ1) is 5.40. The van der Waals surface area contributed by atoms with E-state index in [1.54, 1.807) is 0 Å². The molecule has 2 heteroatoms. The van der Waals surface area contributed by atoms with E-state index in [1.807, 2.05) is 0 Å². The molecule has 2 fully saturated rings. The Morgan fingerprint density at radius 2 is 2.09 bits per heavy atom. The van der Waals surface area contributed by atoms with Gasteiger partial charge in [-0.25, -0.2) is 6.57 Å². The Balaban J connectivity index is 1.88. The van der Waals surface area contributed by atoms with Gasteiger partial charge in [0.1, 0.15) is 0 Å². The molecule has 0 amide bonds. The van der Waals surface area contributed by atoms with Gasteiger partial charge in [0.25, 0.3) is 0 Å². The Hall–Kier alpha value is -0.550. The topological polar surface area (TPSA) is 7.60 Å². The van der Waals surface area contributed by atoms with E-state index in [-0.39, 0.29) is 0 Å². The molecule has 1 saturated heterocycles.